The zero-order valence-corrected chi connectivity index (χ0v) is 11.2. The summed E-state index contributed by atoms with van der Waals surface area (Å²) in [4.78, 5) is 13.1. The molecule has 1 heterocycles. The van der Waals surface area contributed by atoms with Crippen LogP contribution < -0.4 is 11.1 Å². The molecule has 1 aromatic carbocycles. The number of nitrogen functional groups attached to an aromatic ring is 1. The van der Waals surface area contributed by atoms with Crippen LogP contribution in [0.1, 0.15) is 20.1 Å². The summed E-state index contributed by atoms with van der Waals surface area (Å²) in [5.41, 5.74) is 5.41. The van der Waals surface area contributed by atoms with Crippen LogP contribution in [0.25, 0.3) is 0 Å². The second-order valence-electron chi connectivity index (χ2n) is 4.15. The number of alkyl halides is 3. The molecule has 0 atom stereocenters. The average molecular weight is 300 g/mol. The summed E-state index contributed by atoms with van der Waals surface area (Å²) >= 11 is 1.19. The fraction of sp³-hybridized carbons (Fsp3) is 0.154. The van der Waals surface area contributed by atoms with Gasteiger partial charge in [-0.1, -0.05) is 6.07 Å². The van der Waals surface area contributed by atoms with Crippen molar-refractivity contribution in [3.8, 4) is 0 Å². The van der Waals surface area contributed by atoms with Gasteiger partial charge in [0.05, 0.1) is 10.4 Å². The second kappa shape index (κ2) is 5.16. The lowest BCUT2D eigenvalue weighted by Crippen LogP contribution is -2.11. The monoisotopic (exact) mass is 300 g/mol. The van der Waals surface area contributed by atoms with Gasteiger partial charge in [0.2, 0.25) is 0 Å². The summed E-state index contributed by atoms with van der Waals surface area (Å²) < 4.78 is 37.7. The van der Waals surface area contributed by atoms with Gasteiger partial charge in [-0.25, -0.2) is 0 Å². The predicted molar refractivity (Wildman–Crippen MR) is 72.9 cm³/mol. The molecule has 0 bridgehead atoms. The summed E-state index contributed by atoms with van der Waals surface area (Å²) in [5.74, 6) is -0.478. The van der Waals surface area contributed by atoms with Crippen molar-refractivity contribution in [1.82, 2.24) is 0 Å². The number of anilines is 2. The van der Waals surface area contributed by atoms with E-state index in [9.17, 15) is 18.0 Å². The highest BCUT2D eigenvalue weighted by atomic mass is 32.1. The van der Waals surface area contributed by atoms with E-state index in [1.807, 2.05) is 0 Å². The fourth-order valence-electron chi connectivity index (χ4n) is 1.57. The molecular formula is C13H11F3N2OS. The van der Waals surface area contributed by atoms with Crippen molar-refractivity contribution in [3.63, 3.8) is 0 Å². The van der Waals surface area contributed by atoms with Crippen molar-refractivity contribution in [1.29, 1.82) is 0 Å². The molecule has 0 aliphatic rings. The lowest BCUT2D eigenvalue weighted by atomic mass is 10.2. The number of halogens is 3. The van der Waals surface area contributed by atoms with E-state index in [-0.39, 0.29) is 5.69 Å². The number of nitrogens with one attached hydrogen (secondary N) is 1. The Bertz CT molecular complexity index is 630. The van der Waals surface area contributed by atoms with E-state index in [0.29, 0.717) is 10.6 Å². The Hall–Kier alpha value is -2.02. The Morgan fingerprint density at radius 3 is 2.55 bits per heavy atom. The van der Waals surface area contributed by atoms with Crippen molar-refractivity contribution in [2.24, 2.45) is 0 Å². The summed E-state index contributed by atoms with van der Waals surface area (Å²) in [6.45, 7) is 1.76. The third kappa shape index (κ3) is 3.11. The smallest absolute Gasteiger partial charge is 0.398 e. The molecule has 0 saturated carbocycles. The van der Waals surface area contributed by atoms with Crippen LogP contribution in [0.5, 0.6) is 0 Å². The molecule has 0 fully saturated rings. The van der Waals surface area contributed by atoms with Crippen molar-refractivity contribution >= 4 is 28.6 Å². The Labute approximate surface area is 117 Å². The third-order valence-electron chi connectivity index (χ3n) is 2.63. The van der Waals surface area contributed by atoms with E-state index < -0.39 is 17.6 Å². The van der Waals surface area contributed by atoms with Crippen LogP contribution in [-0.2, 0) is 6.18 Å². The van der Waals surface area contributed by atoms with E-state index >= 15 is 0 Å². The lowest BCUT2D eigenvalue weighted by molar-refractivity contribution is -0.137. The highest BCUT2D eigenvalue weighted by molar-refractivity contribution is 7.14. The van der Waals surface area contributed by atoms with Gasteiger partial charge in [-0.2, -0.15) is 13.2 Å². The molecule has 7 heteroatoms. The summed E-state index contributed by atoms with van der Waals surface area (Å²) in [5, 5.41) is 2.43. The molecule has 2 aromatic rings. The van der Waals surface area contributed by atoms with Crippen LogP contribution >= 0.6 is 11.3 Å². The SMILES string of the molecule is Cc1sc(C(=O)Nc2cccc(C(F)(F)F)c2)cc1N. The van der Waals surface area contributed by atoms with E-state index in [0.717, 1.165) is 17.0 Å². The minimum atomic E-state index is -4.44. The van der Waals surface area contributed by atoms with Crippen LogP contribution in [0, 0.1) is 6.92 Å². The van der Waals surface area contributed by atoms with Gasteiger partial charge in [-0.05, 0) is 31.2 Å². The van der Waals surface area contributed by atoms with Gasteiger partial charge < -0.3 is 11.1 Å². The van der Waals surface area contributed by atoms with Crippen LogP contribution in [-0.4, -0.2) is 5.91 Å². The molecular weight excluding hydrogens is 289 g/mol. The maximum Gasteiger partial charge on any atom is 0.416 e. The topological polar surface area (TPSA) is 55.1 Å². The Kier molecular flexibility index (Phi) is 3.71. The normalized spacial score (nSPS) is 11.4. The van der Waals surface area contributed by atoms with Gasteiger partial charge in [0.1, 0.15) is 0 Å². The van der Waals surface area contributed by atoms with E-state index in [1.165, 1.54) is 29.5 Å². The summed E-state index contributed by atoms with van der Waals surface area (Å²) in [7, 11) is 0. The van der Waals surface area contributed by atoms with E-state index in [4.69, 9.17) is 5.73 Å². The molecule has 0 unspecified atom stereocenters. The standard InChI is InChI=1S/C13H11F3N2OS/c1-7-10(17)6-11(20-7)12(19)18-9-4-2-3-8(5-9)13(14,15)16/h2-6H,17H2,1H3,(H,18,19). The molecule has 0 saturated heterocycles. The number of aryl methyl sites for hydroxylation is 1. The quantitative estimate of drug-likeness (QED) is 0.883. The fourth-order valence-corrected chi connectivity index (χ4v) is 2.41. The van der Waals surface area contributed by atoms with Gasteiger partial charge in [0, 0.05) is 16.3 Å². The molecule has 2 rings (SSSR count). The van der Waals surface area contributed by atoms with Crippen molar-refractivity contribution in [2.75, 3.05) is 11.1 Å². The number of rotatable bonds is 2. The number of thiophene rings is 1. The van der Waals surface area contributed by atoms with Gasteiger partial charge in [-0.3, -0.25) is 4.79 Å². The minimum absolute atomic E-state index is 0.0921. The van der Waals surface area contributed by atoms with Crippen LogP contribution in [0.3, 0.4) is 0 Å². The molecule has 0 radical (unpaired) electrons. The Morgan fingerprint density at radius 1 is 1.30 bits per heavy atom. The molecule has 3 N–H and O–H groups in total. The van der Waals surface area contributed by atoms with Crippen LogP contribution in [0.4, 0.5) is 24.5 Å². The zero-order chi connectivity index (χ0) is 14.9. The van der Waals surface area contributed by atoms with E-state index in [1.54, 1.807) is 6.92 Å². The maximum absolute atomic E-state index is 12.6. The number of benzene rings is 1. The Morgan fingerprint density at radius 2 is 2.00 bits per heavy atom. The van der Waals surface area contributed by atoms with E-state index in [2.05, 4.69) is 5.32 Å². The predicted octanol–water partition coefficient (Wildman–Crippen LogP) is 3.91. The highest BCUT2D eigenvalue weighted by Crippen LogP contribution is 2.31. The molecule has 1 aromatic heterocycles. The maximum atomic E-state index is 12.6. The van der Waals surface area contributed by atoms with Crippen LogP contribution in [0.15, 0.2) is 30.3 Å². The first-order valence-electron chi connectivity index (χ1n) is 5.62. The largest absolute Gasteiger partial charge is 0.416 e. The molecule has 1 amide bonds. The first-order chi connectivity index (χ1) is 9.27. The van der Waals surface area contributed by atoms with Gasteiger partial charge in [0.15, 0.2) is 0 Å². The zero-order valence-electron chi connectivity index (χ0n) is 10.4. The first-order valence-corrected chi connectivity index (χ1v) is 6.43. The van der Waals surface area contributed by atoms with Crippen LogP contribution in [0.2, 0.25) is 0 Å². The first kappa shape index (κ1) is 14.4. The lowest BCUT2D eigenvalue weighted by Gasteiger charge is -2.09. The molecule has 20 heavy (non-hydrogen) atoms. The van der Waals surface area contributed by atoms with Crippen molar-refractivity contribution in [2.45, 2.75) is 13.1 Å². The summed E-state index contributed by atoms with van der Waals surface area (Å²) in [6.07, 6.45) is -4.44. The highest BCUT2D eigenvalue weighted by Gasteiger charge is 2.30. The average Bonchev–Trinajstić information content (AvgIpc) is 2.69. The number of carbonyl (C=O) groups excluding carboxylic acids is 1. The molecule has 106 valence electrons. The second-order valence-corrected chi connectivity index (χ2v) is 5.41. The number of hydrogen-bond donors (Lipinski definition) is 2. The number of nitrogens with two attached hydrogens (primary N) is 1. The van der Waals surface area contributed by atoms with Crippen molar-refractivity contribution < 1.29 is 18.0 Å². The number of hydrogen-bond acceptors (Lipinski definition) is 3. The van der Waals surface area contributed by atoms with Crippen molar-refractivity contribution in [3.05, 3.63) is 45.6 Å². The molecule has 0 spiro atoms. The van der Waals surface area contributed by atoms with Gasteiger partial charge in [-0.15, -0.1) is 11.3 Å². The van der Waals surface area contributed by atoms with Gasteiger partial charge >= 0.3 is 6.18 Å². The van der Waals surface area contributed by atoms with Gasteiger partial charge in [0.25, 0.3) is 5.91 Å². The summed E-state index contributed by atoms with van der Waals surface area (Å²) in [6, 6.07) is 5.98. The molecule has 3 nitrogen and oxygen atoms in total. The molecule has 0 aliphatic heterocycles. The Balaban J connectivity index is 2.20. The third-order valence-corrected chi connectivity index (χ3v) is 3.69. The number of amides is 1. The molecule has 0 aliphatic carbocycles. The minimum Gasteiger partial charge on any atom is -0.398 e. The number of carbonyl (C=O) groups is 1.